The van der Waals surface area contributed by atoms with E-state index >= 15 is 0 Å². The number of nitrogens with one attached hydrogen (secondary N) is 1. The highest BCUT2D eigenvalue weighted by atomic mass is 32.1. The van der Waals surface area contributed by atoms with Gasteiger partial charge in [-0.15, -0.1) is 11.3 Å². The minimum Gasteiger partial charge on any atom is -0.307 e. The second kappa shape index (κ2) is 4.94. The fourth-order valence-electron chi connectivity index (χ4n) is 1.49. The molecule has 1 rings (SSSR count). The van der Waals surface area contributed by atoms with Crippen LogP contribution in [0.15, 0.2) is 11.4 Å². The average Bonchev–Trinajstić information content (AvgIpc) is 2.51. The summed E-state index contributed by atoms with van der Waals surface area (Å²) in [6.07, 6.45) is 0. The van der Waals surface area contributed by atoms with Gasteiger partial charge >= 0.3 is 0 Å². The summed E-state index contributed by atoms with van der Waals surface area (Å²) in [5, 5.41) is 5.80. The molecule has 14 heavy (non-hydrogen) atoms. The topological polar surface area (TPSA) is 12.0 Å². The van der Waals surface area contributed by atoms with E-state index < -0.39 is 0 Å². The van der Waals surface area contributed by atoms with Crippen molar-refractivity contribution in [2.45, 2.75) is 46.7 Å². The van der Waals surface area contributed by atoms with E-state index in [1.807, 2.05) is 11.3 Å². The Morgan fingerprint density at radius 1 is 1.21 bits per heavy atom. The van der Waals surface area contributed by atoms with E-state index in [-0.39, 0.29) is 0 Å². The van der Waals surface area contributed by atoms with Crippen LogP contribution in [0.4, 0.5) is 0 Å². The van der Waals surface area contributed by atoms with Gasteiger partial charge in [-0.05, 0) is 43.7 Å². The Morgan fingerprint density at radius 3 is 2.29 bits per heavy atom. The first-order valence-corrected chi connectivity index (χ1v) is 6.20. The predicted octanol–water partition coefficient (Wildman–Crippen LogP) is 3.75. The van der Waals surface area contributed by atoms with Crippen molar-refractivity contribution < 1.29 is 0 Å². The molecule has 0 saturated heterocycles. The summed E-state index contributed by atoms with van der Waals surface area (Å²) in [4.78, 5) is 1.47. The summed E-state index contributed by atoms with van der Waals surface area (Å²) in [7, 11) is 0. The molecule has 0 aromatic carbocycles. The van der Waals surface area contributed by atoms with Crippen LogP contribution >= 0.6 is 11.3 Å². The lowest BCUT2D eigenvalue weighted by atomic mass is 10.0. The number of hydrogen-bond donors (Lipinski definition) is 1. The SMILES string of the molecule is Cc1ccsc1C(C)NC(C)C(C)C. The lowest BCUT2D eigenvalue weighted by Gasteiger charge is -2.22. The molecule has 0 radical (unpaired) electrons. The molecule has 1 aromatic heterocycles. The Morgan fingerprint density at radius 2 is 1.86 bits per heavy atom. The monoisotopic (exact) mass is 211 g/mol. The largest absolute Gasteiger partial charge is 0.307 e. The molecule has 1 aromatic rings. The van der Waals surface area contributed by atoms with Crippen molar-refractivity contribution in [3.8, 4) is 0 Å². The van der Waals surface area contributed by atoms with Crippen molar-refractivity contribution in [2.75, 3.05) is 0 Å². The predicted molar refractivity (Wildman–Crippen MR) is 64.9 cm³/mol. The smallest absolute Gasteiger partial charge is 0.0390 e. The van der Waals surface area contributed by atoms with Crippen LogP contribution in [0.3, 0.4) is 0 Å². The highest BCUT2D eigenvalue weighted by Gasteiger charge is 2.14. The molecule has 2 atom stereocenters. The van der Waals surface area contributed by atoms with E-state index in [2.05, 4.69) is 51.4 Å². The fourth-order valence-corrected chi connectivity index (χ4v) is 2.44. The first kappa shape index (κ1) is 11.7. The number of aryl methyl sites for hydroxylation is 1. The number of hydrogen-bond acceptors (Lipinski definition) is 2. The van der Waals surface area contributed by atoms with Crippen LogP contribution in [0, 0.1) is 12.8 Å². The van der Waals surface area contributed by atoms with Gasteiger partial charge in [0, 0.05) is 17.0 Å². The first-order chi connectivity index (χ1) is 6.52. The molecule has 1 heterocycles. The lowest BCUT2D eigenvalue weighted by molar-refractivity contribution is 0.391. The van der Waals surface area contributed by atoms with Crippen LogP contribution in [0.1, 0.15) is 44.2 Å². The minimum absolute atomic E-state index is 0.479. The van der Waals surface area contributed by atoms with Gasteiger partial charge < -0.3 is 5.32 Å². The Labute approximate surface area is 91.5 Å². The molecule has 2 unspecified atom stereocenters. The third-order valence-corrected chi connectivity index (χ3v) is 4.01. The lowest BCUT2D eigenvalue weighted by Crippen LogP contribution is -2.32. The molecule has 0 spiro atoms. The minimum atomic E-state index is 0.479. The van der Waals surface area contributed by atoms with Gasteiger partial charge in [0.2, 0.25) is 0 Å². The van der Waals surface area contributed by atoms with Crippen molar-refractivity contribution in [3.63, 3.8) is 0 Å². The Hall–Kier alpha value is -0.340. The molecule has 0 aliphatic heterocycles. The molecule has 0 amide bonds. The molecule has 1 N–H and O–H groups in total. The summed E-state index contributed by atoms with van der Waals surface area (Å²) in [5.41, 5.74) is 1.41. The molecule has 0 saturated carbocycles. The molecule has 0 bridgehead atoms. The van der Waals surface area contributed by atoms with E-state index in [9.17, 15) is 0 Å². The summed E-state index contributed by atoms with van der Waals surface area (Å²) < 4.78 is 0. The normalized spacial score (nSPS) is 15.9. The zero-order valence-corrected chi connectivity index (χ0v) is 10.6. The van der Waals surface area contributed by atoms with E-state index in [1.165, 1.54) is 10.4 Å². The van der Waals surface area contributed by atoms with Gasteiger partial charge in [0.1, 0.15) is 0 Å². The summed E-state index contributed by atoms with van der Waals surface area (Å²) >= 11 is 1.85. The maximum Gasteiger partial charge on any atom is 0.0390 e. The van der Waals surface area contributed by atoms with Crippen molar-refractivity contribution >= 4 is 11.3 Å². The van der Waals surface area contributed by atoms with E-state index in [0.717, 1.165) is 0 Å². The van der Waals surface area contributed by atoms with Crippen LogP contribution in [0.2, 0.25) is 0 Å². The van der Waals surface area contributed by atoms with Gasteiger partial charge in [0.25, 0.3) is 0 Å². The molecule has 1 nitrogen and oxygen atoms in total. The first-order valence-electron chi connectivity index (χ1n) is 5.32. The second-order valence-electron chi connectivity index (χ2n) is 4.39. The molecule has 80 valence electrons. The number of thiophene rings is 1. The van der Waals surface area contributed by atoms with Gasteiger partial charge in [0.05, 0.1) is 0 Å². The molecule has 0 aliphatic rings. The average molecular weight is 211 g/mol. The van der Waals surface area contributed by atoms with Gasteiger partial charge in [-0.2, -0.15) is 0 Å². The van der Waals surface area contributed by atoms with Crippen LogP contribution in [0.25, 0.3) is 0 Å². The maximum atomic E-state index is 3.63. The molecule has 2 heteroatoms. The molecular weight excluding hydrogens is 190 g/mol. The van der Waals surface area contributed by atoms with Crippen LogP contribution in [0.5, 0.6) is 0 Å². The van der Waals surface area contributed by atoms with Gasteiger partial charge in [-0.1, -0.05) is 13.8 Å². The quantitative estimate of drug-likeness (QED) is 0.799. The van der Waals surface area contributed by atoms with E-state index in [0.29, 0.717) is 18.0 Å². The third-order valence-electron chi connectivity index (χ3n) is 2.81. The summed E-state index contributed by atoms with van der Waals surface area (Å²) in [6, 6.07) is 3.25. The Bertz CT molecular complexity index is 278. The number of rotatable bonds is 4. The van der Waals surface area contributed by atoms with Crippen molar-refractivity contribution in [2.24, 2.45) is 5.92 Å². The Balaban J connectivity index is 2.59. The molecule has 0 fully saturated rings. The van der Waals surface area contributed by atoms with Crippen molar-refractivity contribution in [3.05, 3.63) is 21.9 Å². The maximum absolute atomic E-state index is 3.63. The van der Waals surface area contributed by atoms with Crippen LogP contribution < -0.4 is 5.32 Å². The zero-order chi connectivity index (χ0) is 10.7. The highest BCUT2D eigenvalue weighted by molar-refractivity contribution is 7.10. The van der Waals surface area contributed by atoms with E-state index in [1.54, 1.807) is 0 Å². The van der Waals surface area contributed by atoms with Crippen LogP contribution in [-0.4, -0.2) is 6.04 Å². The zero-order valence-electron chi connectivity index (χ0n) is 9.79. The van der Waals surface area contributed by atoms with Gasteiger partial charge in [-0.3, -0.25) is 0 Å². The van der Waals surface area contributed by atoms with Crippen molar-refractivity contribution in [1.29, 1.82) is 0 Å². The van der Waals surface area contributed by atoms with Crippen LogP contribution in [-0.2, 0) is 0 Å². The van der Waals surface area contributed by atoms with Gasteiger partial charge in [0.15, 0.2) is 0 Å². The Kier molecular flexibility index (Phi) is 4.14. The van der Waals surface area contributed by atoms with Gasteiger partial charge in [-0.25, -0.2) is 0 Å². The fraction of sp³-hybridized carbons (Fsp3) is 0.667. The molecular formula is C12H21NS. The summed E-state index contributed by atoms with van der Waals surface area (Å²) in [5.74, 6) is 0.692. The summed E-state index contributed by atoms with van der Waals surface area (Å²) in [6.45, 7) is 11.2. The standard InChI is InChI=1S/C12H21NS/c1-8(2)10(4)13-11(5)12-9(3)6-7-14-12/h6-8,10-11,13H,1-5H3. The second-order valence-corrected chi connectivity index (χ2v) is 5.34. The van der Waals surface area contributed by atoms with Crippen molar-refractivity contribution in [1.82, 2.24) is 5.32 Å². The molecule has 0 aliphatic carbocycles. The highest BCUT2D eigenvalue weighted by Crippen LogP contribution is 2.24. The van der Waals surface area contributed by atoms with E-state index in [4.69, 9.17) is 0 Å². The third kappa shape index (κ3) is 2.82.